The van der Waals surface area contributed by atoms with Gasteiger partial charge in [0.25, 0.3) is 0 Å². The fourth-order valence-electron chi connectivity index (χ4n) is 0.809. The minimum Gasteiger partial charge on any atom is -0.109 e. The maximum atomic E-state index is 5.14. The molecule has 5 heteroatoms. The lowest BCUT2D eigenvalue weighted by molar-refractivity contribution is 1.47. The van der Waals surface area contributed by atoms with Gasteiger partial charge in [0.1, 0.15) is 3.14 Å². The molecular weight excluding hydrogens is 244 g/mol. The third kappa shape index (κ3) is 1.96. The molecule has 12 heavy (non-hydrogen) atoms. The van der Waals surface area contributed by atoms with E-state index in [1.165, 1.54) is 14.0 Å². The molecule has 0 spiro atoms. The standard InChI is InChI=1S/C7H6S5/c1-4-2-9-5-6(10-3-4)12-7(8)11-5/h1-3H2. The molecule has 0 atom stereocenters. The van der Waals surface area contributed by atoms with Crippen LogP contribution in [0.3, 0.4) is 0 Å². The van der Waals surface area contributed by atoms with Crippen molar-refractivity contribution in [2.24, 2.45) is 0 Å². The molecule has 0 amide bonds. The summed E-state index contributed by atoms with van der Waals surface area (Å²) in [6.45, 7) is 4.00. The molecule has 0 radical (unpaired) electrons. The van der Waals surface area contributed by atoms with E-state index in [4.69, 9.17) is 12.2 Å². The highest BCUT2D eigenvalue weighted by atomic mass is 32.2. The SMILES string of the molecule is C=C1CSc2sc(=S)sc2SC1. The second kappa shape index (κ2) is 3.84. The lowest BCUT2D eigenvalue weighted by Crippen LogP contribution is -1.83. The fraction of sp³-hybridized carbons (Fsp3) is 0.286. The Morgan fingerprint density at radius 1 is 1.08 bits per heavy atom. The van der Waals surface area contributed by atoms with Crippen LogP contribution in [-0.4, -0.2) is 11.5 Å². The number of hydrogen-bond donors (Lipinski definition) is 0. The van der Waals surface area contributed by atoms with Crippen molar-refractivity contribution in [1.82, 2.24) is 0 Å². The minimum atomic E-state index is 1.05. The quantitative estimate of drug-likeness (QED) is 0.498. The van der Waals surface area contributed by atoms with Crippen molar-refractivity contribution in [2.45, 2.75) is 8.42 Å². The van der Waals surface area contributed by atoms with Crippen LogP contribution in [0.15, 0.2) is 20.6 Å². The van der Waals surface area contributed by atoms with Crippen LogP contribution < -0.4 is 0 Å². The molecule has 2 heterocycles. The largest absolute Gasteiger partial charge is 0.145 e. The molecule has 0 N–H and O–H groups in total. The van der Waals surface area contributed by atoms with Crippen molar-refractivity contribution in [2.75, 3.05) is 11.5 Å². The summed E-state index contributed by atoms with van der Waals surface area (Å²) in [5.41, 5.74) is 1.33. The molecule has 0 unspecified atom stereocenters. The highest BCUT2D eigenvalue weighted by Crippen LogP contribution is 2.44. The molecule has 0 bridgehead atoms. The van der Waals surface area contributed by atoms with Crippen LogP contribution in [0.4, 0.5) is 0 Å². The van der Waals surface area contributed by atoms with Gasteiger partial charge in [-0.3, -0.25) is 0 Å². The van der Waals surface area contributed by atoms with Crippen LogP contribution in [0.2, 0.25) is 0 Å². The van der Waals surface area contributed by atoms with Gasteiger partial charge < -0.3 is 0 Å². The topological polar surface area (TPSA) is 0 Å². The van der Waals surface area contributed by atoms with E-state index < -0.39 is 0 Å². The Hall–Kier alpha value is 0.710. The van der Waals surface area contributed by atoms with Crippen LogP contribution >= 0.6 is 58.4 Å². The molecule has 1 aromatic rings. The Bertz CT molecular complexity index is 328. The Kier molecular flexibility index (Phi) is 2.96. The van der Waals surface area contributed by atoms with Crippen LogP contribution in [0.25, 0.3) is 0 Å². The summed E-state index contributed by atoms with van der Waals surface area (Å²) in [6, 6.07) is 0. The molecule has 1 aromatic heterocycles. The van der Waals surface area contributed by atoms with Crippen LogP contribution in [0.1, 0.15) is 0 Å². The van der Waals surface area contributed by atoms with Crippen molar-refractivity contribution < 1.29 is 0 Å². The molecule has 1 aliphatic heterocycles. The summed E-state index contributed by atoms with van der Waals surface area (Å²) in [4.78, 5) is 0. The Labute approximate surface area is 93.1 Å². The maximum Gasteiger partial charge on any atom is 0.145 e. The van der Waals surface area contributed by atoms with Crippen LogP contribution in [0, 0.1) is 3.14 Å². The van der Waals surface area contributed by atoms with Gasteiger partial charge in [0.2, 0.25) is 0 Å². The molecular formula is C7H6S5. The first-order chi connectivity index (χ1) is 5.75. The maximum absolute atomic E-state index is 5.14. The first kappa shape index (κ1) is 9.27. The molecule has 0 fully saturated rings. The van der Waals surface area contributed by atoms with Gasteiger partial charge in [-0.2, -0.15) is 0 Å². The number of thioether (sulfide) groups is 2. The number of rotatable bonds is 0. The summed E-state index contributed by atoms with van der Waals surface area (Å²) < 4.78 is 3.84. The summed E-state index contributed by atoms with van der Waals surface area (Å²) in [5, 5.41) is 0. The molecule has 0 saturated heterocycles. The third-order valence-corrected chi connectivity index (χ3v) is 7.21. The normalized spacial score (nSPS) is 17.2. The lowest BCUT2D eigenvalue weighted by atomic mass is 10.4. The summed E-state index contributed by atoms with van der Waals surface area (Å²) in [7, 11) is 0. The van der Waals surface area contributed by atoms with Crippen molar-refractivity contribution in [1.29, 1.82) is 0 Å². The van der Waals surface area contributed by atoms with Gasteiger partial charge in [-0.15, -0.1) is 46.2 Å². The van der Waals surface area contributed by atoms with E-state index in [0.29, 0.717) is 0 Å². The van der Waals surface area contributed by atoms with E-state index in [0.717, 1.165) is 14.6 Å². The highest BCUT2D eigenvalue weighted by Gasteiger charge is 2.13. The minimum absolute atomic E-state index is 1.05. The third-order valence-electron chi connectivity index (χ3n) is 1.33. The van der Waals surface area contributed by atoms with E-state index in [9.17, 15) is 0 Å². The molecule has 0 aliphatic carbocycles. The van der Waals surface area contributed by atoms with E-state index in [2.05, 4.69) is 6.58 Å². The van der Waals surface area contributed by atoms with E-state index in [1.54, 1.807) is 22.7 Å². The van der Waals surface area contributed by atoms with E-state index in [-0.39, 0.29) is 0 Å². The molecule has 0 nitrogen and oxygen atoms in total. The second-order valence-corrected chi connectivity index (χ2v) is 8.07. The van der Waals surface area contributed by atoms with E-state index >= 15 is 0 Å². The van der Waals surface area contributed by atoms with E-state index in [1.807, 2.05) is 23.5 Å². The van der Waals surface area contributed by atoms with Crippen molar-refractivity contribution in [3.05, 3.63) is 15.3 Å². The van der Waals surface area contributed by atoms with Crippen molar-refractivity contribution in [3.8, 4) is 0 Å². The predicted octanol–water partition coefficient (Wildman–Crippen LogP) is 4.29. The van der Waals surface area contributed by atoms with Crippen LogP contribution in [0.5, 0.6) is 0 Å². The predicted molar refractivity (Wildman–Crippen MR) is 63.6 cm³/mol. The number of hydrogen-bond acceptors (Lipinski definition) is 5. The monoisotopic (exact) mass is 250 g/mol. The second-order valence-electron chi connectivity index (χ2n) is 2.36. The smallest absolute Gasteiger partial charge is 0.109 e. The summed E-state index contributed by atoms with van der Waals surface area (Å²) in [5.74, 6) is 2.12. The fourth-order valence-corrected chi connectivity index (χ4v) is 6.85. The zero-order valence-electron chi connectivity index (χ0n) is 6.16. The zero-order chi connectivity index (χ0) is 8.55. The average molecular weight is 250 g/mol. The molecule has 2 rings (SSSR count). The van der Waals surface area contributed by atoms with Crippen molar-refractivity contribution in [3.63, 3.8) is 0 Å². The Morgan fingerprint density at radius 3 is 2.08 bits per heavy atom. The Balaban J connectivity index is 2.36. The molecule has 1 aliphatic rings. The average Bonchev–Trinajstić information content (AvgIpc) is 2.31. The summed E-state index contributed by atoms with van der Waals surface area (Å²) >= 11 is 12.4. The Morgan fingerprint density at radius 2 is 1.58 bits per heavy atom. The van der Waals surface area contributed by atoms with Crippen molar-refractivity contribution >= 4 is 58.4 Å². The van der Waals surface area contributed by atoms with Gasteiger partial charge in [-0.25, -0.2) is 0 Å². The lowest BCUT2D eigenvalue weighted by Gasteiger charge is -1.94. The molecule has 0 saturated carbocycles. The molecule has 0 aromatic carbocycles. The highest BCUT2D eigenvalue weighted by molar-refractivity contribution is 8.06. The van der Waals surface area contributed by atoms with Gasteiger partial charge in [-0.05, 0) is 0 Å². The first-order valence-electron chi connectivity index (χ1n) is 3.32. The van der Waals surface area contributed by atoms with Gasteiger partial charge in [0.05, 0.1) is 8.42 Å². The number of fused-ring (bicyclic) bond motifs is 1. The van der Waals surface area contributed by atoms with Gasteiger partial charge in [-0.1, -0.05) is 24.4 Å². The van der Waals surface area contributed by atoms with Gasteiger partial charge in [0.15, 0.2) is 0 Å². The first-order valence-corrected chi connectivity index (χ1v) is 7.33. The van der Waals surface area contributed by atoms with Crippen LogP contribution in [-0.2, 0) is 0 Å². The molecule has 64 valence electrons. The van der Waals surface area contributed by atoms with Gasteiger partial charge >= 0.3 is 0 Å². The van der Waals surface area contributed by atoms with Gasteiger partial charge in [0, 0.05) is 11.5 Å². The zero-order valence-corrected chi connectivity index (χ0v) is 10.2. The summed E-state index contributed by atoms with van der Waals surface area (Å²) in [6.07, 6.45) is 0.